The maximum atomic E-state index is 13.7. The Morgan fingerprint density at radius 3 is 2.76 bits per heavy atom. The van der Waals surface area contributed by atoms with Gasteiger partial charge in [0.2, 0.25) is 9.84 Å². The molecule has 0 saturated carbocycles. The molecule has 1 aliphatic rings. The molecular formula is C12H14FNO2S. The van der Waals surface area contributed by atoms with E-state index in [-0.39, 0.29) is 16.5 Å². The van der Waals surface area contributed by atoms with Crippen LogP contribution in [0.3, 0.4) is 0 Å². The first-order valence-corrected chi connectivity index (χ1v) is 6.92. The number of sulfone groups is 1. The number of hydrogen-bond donors (Lipinski definition) is 1. The van der Waals surface area contributed by atoms with Crippen LogP contribution in [-0.2, 0) is 9.84 Å². The van der Waals surface area contributed by atoms with Gasteiger partial charge in [0.1, 0.15) is 5.82 Å². The fourth-order valence-electron chi connectivity index (χ4n) is 1.94. The molecule has 0 aliphatic carbocycles. The van der Waals surface area contributed by atoms with Crippen molar-refractivity contribution in [3.8, 4) is 0 Å². The first-order valence-electron chi connectivity index (χ1n) is 5.37. The summed E-state index contributed by atoms with van der Waals surface area (Å²) in [6.45, 7) is 1.92. The second-order valence-electron chi connectivity index (χ2n) is 4.19. The maximum Gasteiger partial charge on any atom is 0.200 e. The van der Waals surface area contributed by atoms with Gasteiger partial charge in [-0.25, -0.2) is 12.8 Å². The lowest BCUT2D eigenvalue weighted by molar-refractivity contribution is 0.597. The molecule has 2 rings (SSSR count). The van der Waals surface area contributed by atoms with Crippen LogP contribution >= 0.6 is 0 Å². The normalized spacial score (nSPS) is 18.6. The zero-order valence-electron chi connectivity index (χ0n) is 9.70. The van der Waals surface area contributed by atoms with Crippen LogP contribution in [0.2, 0.25) is 0 Å². The number of halogens is 1. The Kier molecular flexibility index (Phi) is 3.05. The summed E-state index contributed by atoms with van der Waals surface area (Å²) in [5.41, 5.74) is 0.773. The van der Waals surface area contributed by atoms with Crippen molar-refractivity contribution in [2.45, 2.75) is 24.3 Å². The molecule has 0 saturated heterocycles. The summed E-state index contributed by atoms with van der Waals surface area (Å²) < 4.78 is 37.4. The molecule has 1 N–H and O–H groups in total. The van der Waals surface area contributed by atoms with Gasteiger partial charge in [-0.3, -0.25) is 0 Å². The van der Waals surface area contributed by atoms with Gasteiger partial charge in [0.25, 0.3) is 0 Å². The van der Waals surface area contributed by atoms with Gasteiger partial charge in [0, 0.05) is 17.0 Å². The van der Waals surface area contributed by atoms with Crippen LogP contribution in [-0.4, -0.2) is 21.5 Å². The summed E-state index contributed by atoms with van der Waals surface area (Å²) in [5.74, 6) is -0.474. The topological polar surface area (TPSA) is 46.2 Å². The third-order valence-corrected chi connectivity index (χ3v) is 4.47. The molecule has 0 bridgehead atoms. The second-order valence-corrected chi connectivity index (χ2v) is 5.96. The van der Waals surface area contributed by atoms with E-state index in [1.807, 2.05) is 6.92 Å². The Morgan fingerprint density at radius 2 is 2.12 bits per heavy atom. The van der Waals surface area contributed by atoms with Crippen LogP contribution in [0.25, 0.3) is 5.57 Å². The predicted molar refractivity (Wildman–Crippen MR) is 64.7 cm³/mol. The number of fused-ring (bicyclic) bond motifs is 1. The van der Waals surface area contributed by atoms with E-state index >= 15 is 0 Å². The van der Waals surface area contributed by atoms with Gasteiger partial charge in [-0.15, -0.1) is 0 Å². The molecule has 1 heterocycles. The van der Waals surface area contributed by atoms with E-state index in [1.54, 1.807) is 7.05 Å². The van der Waals surface area contributed by atoms with Gasteiger partial charge in [0.05, 0.1) is 4.90 Å². The van der Waals surface area contributed by atoms with Crippen molar-refractivity contribution in [3.63, 3.8) is 0 Å². The lowest BCUT2D eigenvalue weighted by atomic mass is 10.0. The molecule has 0 amide bonds. The number of nitrogens with one attached hydrogen (secondary N) is 1. The van der Waals surface area contributed by atoms with Crippen molar-refractivity contribution in [1.29, 1.82) is 0 Å². The molecule has 0 fully saturated rings. The summed E-state index contributed by atoms with van der Waals surface area (Å²) in [6.07, 6.45) is 0.490. The molecule has 92 valence electrons. The molecule has 17 heavy (non-hydrogen) atoms. The molecular weight excluding hydrogens is 241 g/mol. The molecule has 1 aromatic carbocycles. The molecule has 1 unspecified atom stereocenters. The van der Waals surface area contributed by atoms with Gasteiger partial charge in [-0.1, -0.05) is 6.07 Å². The lowest BCUT2D eigenvalue weighted by Crippen LogP contribution is -2.21. The minimum Gasteiger partial charge on any atom is -0.317 e. The Balaban J connectivity index is 2.52. The Labute approximate surface area is 100 Å². The molecule has 1 aromatic rings. The Hall–Kier alpha value is -1.20. The highest BCUT2D eigenvalue weighted by molar-refractivity contribution is 7.95. The summed E-state index contributed by atoms with van der Waals surface area (Å²) in [5, 5.41) is 4.19. The highest BCUT2D eigenvalue weighted by Gasteiger charge is 2.29. The van der Waals surface area contributed by atoms with E-state index < -0.39 is 15.7 Å². The third-order valence-electron chi connectivity index (χ3n) is 2.92. The van der Waals surface area contributed by atoms with Crippen molar-refractivity contribution >= 4 is 15.4 Å². The molecule has 0 radical (unpaired) electrons. The van der Waals surface area contributed by atoms with Gasteiger partial charge in [-0.2, -0.15) is 0 Å². The van der Waals surface area contributed by atoms with E-state index in [4.69, 9.17) is 0 Å². The molecule has 1 atom stereocenters. The summed E-state index contributed by atoms with van der Waals surface area (Å²) in [4.78, 5) is 0.0794. The first kappa shape index (κ1) is 12.3. The summed E-state index contributed by atoms with van der Waals surface area (Å²) in [6, 6.07) is 4.25. The van der Waals surface area contributed by atoms with Crippen LogP contribution in [0, 0.1) is 5.82 Å². The van der Waals surface area contributed by atoms with Gasteiger partial charge >= 0.3 is 0 Å². The van der Waals surface area contributed by atoms with Crippen molar-refractivity contribution in [2.75, 3.05) is 7.05 Å². The van der Waals surface area contributed by atoms with Crippen LogP contribution in [0.4, 0.5) is 4.39 Å². The van der Waals surface area contributed by atoms with E-state index in [0.717, 1.165) is 0 Å². The standard InChI is InChI=1S/C12H14FNO2S/c1-8(14-2)6-9-7-17(15,16)11-5-3-4-10(13)12(9)11/h3-5,7-8,14H,6H2,1-2H3. The van der Waals surface area contributed by atoms with E-state index in [1.165, 1.54) is 23.6 Å². The Bertz CT molecular complexity index is 578. The van der Waals surface area contributed by atoms with Crippen LogP contribution < -0.4 is 5.32 Å². The first-order chi connectivity index (χ1) is 7.95. The molecule has 1 aliphatic heterocycles. The summed E-state index contributed by atoms with van der Waals surface area (Å²) >= 11 is 0. The molecule has 0 aromatic heterocycles. The summed E-state index contributed by atoms with van der Waals surface area (Å²) in [7, 11) is -1.67. The zero-order chi connectivity index (χ0) is 12.6. The monoisotopic (exact) mass is 255 g/mol. The SMILES string of the molecule is CNC(C)CC1=CS(=O)(=O)c2cccc(F)c21. The largest absolute Gasteiger partial charge is 0.317 e. The van der Waals surface area contributed by atoms with Gasteiger partial charge in [-0.05, 0) is 38.1 Å². The third kappa shape index (κ3) is 2.12. The number of hydrogen-bond acceptors (Lipinski definition) is 3. The zero-order valence-corrected chi connectivity index (χ0v) is 10.5. The number of benzene rings is 1. The second kappa shape index (κ2) is 4.23. The smallest absolute Gasteiger partial charge is 0.200 e. The minimum atomic E-state index is -3.46. The minimum absolute atomic E-state index is 0.0794. The van der Waals surface area contributed by atoms with Gasteiger partial charge < -0.3 is 5.32 Å². The number of rotatable bonds is 3. The molecule has 3 nitrogen and oxygen atoms in total. The van der Waals surface area contributed by atoms with Crippen molar-refractivity contribution in [3.05, 3.63) is 35.0 Å². The highest BCUT2D eigenvalue weighted by Crippen LogP contribution is 2.37. The van der Waals surface area contributed by atoms with Gasteiger partial charge in [0.15, 0.2) is 0 Å². The van der Waals surface area contributed by atoms with Crippen molar-refractivity contribution < 1.29 is 12.8 Å². The quantitative estimate of drug-likeness (QED) is 0.898. The average Bonchev–Trinajstić information content (AvgIpc) is 2.52. The van der Waals surface area contributed by atoms with Crippen LogP contribution in [0.15, 0.2) is 28.5 Å². The van der Waals surface area contributed by atoms with E-state index in [2.05, 4.69) is 5.32 Å². The maximum absolute atomic E-state index is 13.7. The van der Waals surface area contributed by atoms with Crippen molar-refractivity contribution in [2.24, 2.45) is 0 Å². The predicted octanol–water partition coefficient (Wildman–Crippen LogP) is 1.95. The highest BCUT2D eigenvalue weighted by atomic mass is 32.2. The molecule has 5 heteroatoms. The fraction of sp³-hybridized carbons (Fsp3) is 0.333. The van der Waals surface area contributed by atoms with E-state index in [9.17, 15) is 12.8 Å². The van der Waals surface area contributed by atoms with Crippen molar-refractivity contribution in [1.82, 2.24) is 5.32 Å². The van der Waals surface area contributed by atoms with E-state index in [0.29, 0.717) is 12.0 Å². The fourth-order valence-corrected chi connectivity index (χ4v) is 3.44. The lowest BCUT2D eigenvalue weighted by Gasteiger charge is -2.11. The van der Waals surface area contributed by atoms with Crippen LogP contribution in [0.5, 0.6) is 0 Å². The average molecular weight is 255 g/mol. The van der Waals surface area contributed by atoms with Crippen LogP contribution in [0.1, 0.15) is 18.9 Å². The Morgan fingerprint density at radius 1 is 1.41 bits per heavy atom. The molecule has 0 spiro atoms.